The van der Waals surface area contributed by atoms with Gasteiger partial charge in [0.15, 0.2) is 0 Å². The Labute approximate surface area is 128 Å². The minimum atomic E-state index is -0.760. The van der Waals surface area contributed by atoms with Crippen LogP contribution in [0.2, 0.25) is 0 Å². The van der Waals surface area contributed by atoms with E-state index in [1.54, 1.807) is 11.8 Å². The fourth-order valence-electron chi connectivity index (χ4n) is 1.80. The van der Waals surface area contributed by atoms with E-state index in [1.807, 2.05) is 25.1 Å². The van der Waals surface area contributed by atoms with Crippen LogP contribution < -0.4 is 9.47 Å². The van der Waals surface area contributed by atoms with Crippen molar-refractivity contribution in [3.8, 4) is 11.8 Å². The lowest BCUT2D eigenvalue weighted by Gasteiger charge is -2.13. The maximum Gasteiger partial charge on any atom is 0.241 e. The molecule has 0 aliphatic heterocycles. The van der Waals surface area contributed by atoms with E-state index < -0.39 is 6.10 Å². The summed E-state index contributed by atoms with van der Waals surface area (Å²) in [6.07, 6.45) is 0.710. The topological polar surface area (TPSA) is 64.5 Å². The molecule has 0 aliphatic rings. The van der Waals surface area contributed by atoms with Crippen LogP contribution in [0.15, 0.2) is 35.4 Å². The van der Waals surface area contributed by atoms with Gasteiger partial charge in [-0.3, -0.25) is 0 Å². The molecule has 6 heteroatoms. The number of hydrogen-bond donors (Lipinski definition) is 1. The van der Waals surface area contributed by atoms with Crippen molar-refractivity contribution in [1.82, 2.24) is 9.97 Å². The van der Waals surface area contributed by atoms with E-state index >= 15 is 0 Å². The fraction of sp³-hybridized carbons (Fsp3) is 0.333. The van der Waals surface area contributed by atoms with Crippen LogP contribution in [-0.4, -0.2) is 35.0 Å². The molecule has 1 aromatic heterocycles. The zero-order chi connectivity index (χ0) is 15.2. The Balaban J connectivity index is 2.07. The van der Waals surface area contributed by atoms with E-state index in [1.165, 1.54) is 26.0 Å². The van der Waals surface area contributed by atoms with Gasteiger partial charge < -0.3 is 14.6 Å². The average Bonchev–Trinajstić information content (AvgIpc) is 2.52. The number of ether oxygens (including phenoxy) is 2. The molecule has 2 aromatic rings. The highest BCUT2D eigenvalue weighted by atomic mass is 32.2. The molecule has 0 bridgehead atoms. The van der Waals surface area contributed by atoms with E-state index in [9.17, 15) is 5.11 Å². The number of aliphatic hydroxyl groups excluding tert-OH is 1. The Morgan fingerprint density at radius 3 is 2.76 bits per heavy atom. The highest BCUT2D eigenvalue weighted by Gasteiger charge is 2.17. The number of nitrogens with zero attached hydrogens (tertiary/aromatic N) is 2. The quantitative estimate of drug-likeness (QED) is 0.828. The van der Waals surface area contributed by atoms with E-state index in [0.29, 0.717) is 17.3 Å². The maximum atomic E-state index is 10.3. The number of aliphatic hydroxyl groups is 1. The van der Waals surface area contributed by atoms with Crippen LogP contribution >= 0.6 is 11.8 Å². The van der Waals surface area contributed by atoms with Crippen molar-refractivity contribution < 1.29 is 14.6 Å². The molecular weight excluding hydrogens is 288 g/mol. The molecule has 0 amide bonds. The van der Waals surface area contributed by atoms with Crippen molar-refractivity contribution in [2.45, 2.75) is 17.9 Å². The van der Waals surface area contributed by atoms with Gasteiger partial charge in [-0.1, -0.05) is 17.7 Å². The summed E-state index contributed by atoms with van der Waals surface area (Å²) < 4.78 is 10.2. The summed E-state index contributed by atoms with van der Waals surface area (Å²) in [6.45, 7) is 2.04. The molecule has 5 nitrogen and oxygen atoms in total. The second-order valence-electron chi connectivity index (χ2n) is 4.45. The molecule has 1 unspecified atom stereocenters. The third-order valence-corrected chi connectivity index (χ3v) is 3.93. The predicted octanol–water partition coefficient (Wildman–Crippen LogP) is 2.63. The Kier molecular flexibility index (Phi) is 5.41. The summed E-state index contributed by atoms with van der Waals surface area (Å²) in [7, 11) is 3.00. The fourth-order valence-corrected chi connectivity index (χ4v) is 2.75. The van der Waals surface area contributed by atoms with Gasteiger partial charge in [0.1, 0.15) is 11.8 Å². The molecule has 0 fully saturated rings. The van der Waals surface area contributed by atoms with Crippen molar-refractivity contribution in [3.05, 3.63) is 41.7 Å². The monoisotopic (exact) mass is 306 g/mol. The first kappa shape index (κ1) is 15.6. The zero-order valence-corrected chi connectivity index (χ0v) is 13.1. The normalized spacial score (nSPS) is 12.0. The van der Waals surface area contributed by atoms with Gasteiger partial charge in [0, 0.05) is 10.6 Å². The first-order chi connectivity index (χ1) is 10.1. The molecule has 1 heterocycles. The second-order valence-corrected chi connectivity index (χ2v) is 5.54. The van der Waals surface area contributed by atoms with Crippen LogP contribution in [0.4, 0.5) is 0 Å². The Morgan fingerprint density at radius 2 is 2.10 bits per heavy atom. The smallest absolute Gasteiger partial charge is 0.241 e. The third-order valence-electron chi connectivity index (χ3n) is 2.86. The molecule has 112 valence electrons. The van der Waals surface area contributed by atoms with Crippen LogP contribution in [0.1, 0.15) is 17.4 Å². The third kappa shape index (κ3) is 4.09. The number of hydrogen-bond acceptors (Lipinski definition) is 6. The summed E-state index contributed by atoms with van der Waals surface area (Å²) in [5.74, 6) is 1.11. The molecule has 0 aliphatic carbocycles. The van der Waals surface area contributed by atoms with E-state index in [4.69, 9.17) is 9.47 Å². The Hall–Kier alpha value is -1.79. The summed E-state index contributed by atoms with van der Waals surface area (Å²) in [6, 6.07) is 8.13. The number of rotatable bonds is 6. The first-order valence-electron chi connectivity index (χ1n) is 6.46. The summed E-state index contributed by atoms with van der Waals surface area (Å²) in [5, 5.41) is 10.3. The zero-order valence-electron chi connectivity index (χ0n) is 12.2. The highest BCUT2D eigenvalue weighted by molar-refractivity contribution is 7.99. The summed E-state index contributed by atoms with van der Waals surface area (Å²) in [4.78, 5) is 9.40. The molecule has 0 saturated heterocycles. The van der Waals surface area contributed by atoms with Gasteiger partial charge >= 0.3 is 0 Å². The minimum Gasteiger partial charge on any atom is -0.480 e. The van der Waals surface area contributed by atoms with Crippen LogP contribution in [0.25, 0.3) is 0 Å². The van der Waals surface area contributed by atoms with Crippen molar-refractivity contribution in [2.75, 3.05) is 20.0 Å². The van der Waals surface area contributed by atoms with Crippen LogP contribution in [0, 0.1) is 6.92 Å². The van der Waals surface area contributed by atoms with E-state index in [-0.39, 0.29) is 5.88 Å². The van der Waals surface area contributed by atoms with Crippen molar-refractivity contribution in [3.63, 3.8) is 0 Å². The summed E-state index contributed by atoms with van der Waals surface area (Å²) >= 11 is 1.56. The minimum absolute atomic E-state index is 0.284. The summed E-state index contributed by atoms with van der Waals surface area (Å²) in [5.41, 5.74) is 1.61. The van der Waals surface area contributed by atoms with E-state index in [0.717, 1.165) is 4.90 Å². The molecule has 1 N–H and O–H groups in total. The molecule has 0 radical (unpaired) electrons. The molecule has 0 spiro atoms. The van der Waals surface area contributed by atoms with Gasteiger partial charge in [-0.2, -0.15) is 4.98 Å². The molecule has 1 aromatic carbocycles. The predicted molar refractivity (Wildman–Crippen MR) is 82.0 cm³/mol. The standard InChI is InChI=1S/C15H18N2O3S/c1-10-5-4-6-11(7-10)21-9-12(18)14-15(20-3)17-13(19-2)8-16-14/h4-8,12,18H,9H2,1-3H3. The molecular formula is C15H18N2O3S. The molecule has 21 heavy (non-hydrogen) atoms. The Morgan fingerprint density at radius 1 is 1.29 bits per heavy atom. The van der Waals surface area contributed by atoms with Crippen molar-refractivity contribution >= 4 is 11.8 Å². The molecule has 2 rings (SSSR count). The van der Waals surface area contributed by atoms with Gasteiger partial charge in [0.05, 0.1) is 20.4 Å². The van der Waals surface area contributed by atoms with Gasteiger partial charge in [-0.25, -0.2) is 4.98 Å². The average molecular weight is 306 g/mol. The van der Waals surface area contributed by atoms with Crippen LogP contribution in [0.5, 0.6) is 11.8 Å². The number of thioether (sulfide) groups is 1. The number of benzene rings is 1. The lowest BCUT2D eigenvalue weighted by atomic mass is 10.2. The number of aromatic nitrogens is 2. The van der Waals surface area contributed by atoms with E-state index in [2.05, 4.69) is 16.0 Å². The van der Waals surface area contributed by atoms with Crippen molar-refractivity contribution in [1.29, 1.82) is 0 Å². The maximum absolute atomic E-state index is 10.3. The number of methoxy groups -OCH3 is 2. The van der Waals surface area contributed by atoms with Gasteiger partial charge in [0.25, 0.3) is 0 Å². The molecule has 1 atom stereocenters. The molecule has 0 saturated carbocycles. The second kappa shape index (κ2) is 7.28. The SMILES string of the molecule is COc1cnc(C(O)CSc2cccc(C)c2)c(OC)n1. The lowest BCUT2D eigenvalue weighted by molar-refractivity contribution is 0.191. The van der Waals surface area contributed by atoms with Crippen LogP contribution in [-0.2, 0) is 0 Å². The van der Waals surface area contributed by atoms with Gasteiger partial charge in [-0.15, -0.1) is 11.8 Å². The number of aryl methyl sites for hydroxylation is 1. The van der Waals surface area contributed by atoms with Gasteiger partial charge in [-0.05, 0) is 19.1 Å². The Bertz CT molecular complexity index is 607. The first-order valence-corrected chi connectivity index (χ1v) is 7.45. The lowest BCUT2D eigenvalue weighted by Crippen LogP contribution is -2.08. The van der Waals surface area contributed by atoms with Crippen LogP contribution in [0.3, 0.4) is 0 Å². The highest BCUT2D eigenvalue weighted by Crippen LogP contribution is 2.28. The van der Waals surface area contributed by atoms with Crippen molar-refractivity contribution in [2.24, 2.45) is 0 Å². The largest absolute Gasteiger partial charge is 0.480 e. The van der Waals surface area contributed by atoms with Gasteiger partial charge in [0.2, 0.25) is 11.8 Å².